The second-order valence-corrected chi connectivity index (χ2v) is 8.50. The molecule has 0 aliphatic carbocycles. The van der Waals surface area contributed by atoms with Crippen molar-refractivity contribution >= 4 is 41.0 Å². The maximum Gasteiger partial charge on any atom is 0.334 e. The summed E-state index contributed by atoms with van der Waals surface area (Å²) in [6.07, 6.45) is 0.337. The van der Waals surface area contributed by atoms with Gasteiger partial charge in [0.1, 0.15) is 0 Å². The summed E-state index contributed by atoms with van der Waals surface area (Å²) in [6, 6.07) is 11.2. The van der Waals surface area contributed by atoms with Gasteiger partial charge in [-0.05, 0) is 35.4 Å². The number of carbonyl (C=O) groups is 3. The Morgan fingerprint density at radius 2 is 1.85 bits per heavy atom. The molecule has 0 aromatic heterocycles. The van der Waals surface area contributed by atoms with Gasteiger partial charge in [-0.2, -0.15) is 0 Å². The van der Waals surface area contributed by atoms with Gasteiger partial charge in [0.2, 0.25) is 11.7 Å². The van der Waals surface area contributed by atoms with Gasteiger partial charge >= 0.3 is 5.97 Å². The monoisotopic (exact) mass is 492 g/mol. The Morgan fingerprint density at radius 1 is 1.12 bits per heavy atom. The summed E-state index contributed by atoms with van der Waals surface area (Å²) in [5, 5.41) is 3.40. The molecule has 1 atom stereocenters. The van der Waals surface area contributed by atoms with Crippen molar-refractivity contribution in [1.29, 1.82) is 0 Å². The first-order valence-electron chi connectivity index (χ1n) is 10.3. The molecule has 1 N–H and O–H groups in total. The third kappa shape index (κ3) is 4.70. The van der Waals surface area contributed by atoms with Gasteiger partial charge in [-0.15, -0.1) is 0 Å². The smallest absolute Gasteiger partial charge is 0.334 e. The SMILES string of the molecule is COC(=O)[C@H]1N(C(=O)CNC(=O)c2ccc(-c3cccc(Cl)c3)cc2Cl)CCC12OCCO2. The van der Waals surface area contributed by atoms with Crippen molar-refractivity contribution in [3.05, 3.63) is 58.1 Å². The van der Waals surface area contributed by atoms with Crippen LogP contribution < -0.4 is 5.32 Å². The van der Waals surface area contributed by atoms with E-state index in [-0.39, 0.29) is 23.7 Å². The zero-order valence-corrected chi connectivity index (χ0v) is 19.3. The van der Waals surface area contributed by atoms with Crippen molar-refractivity contribution in [2.45, 2.75) is 18.2 Å². The van der Waals surface area contributed by atoms with Crippen LogP contribution in [0.5, 0.6) is 0 Å². The largest absolute Gasteiger partial charge is 0.467 e. The molecule has 10 heteroatoms. The van der Waals surface area contributed by atoms with Crippen LogP contribution >= 0.6 is 23.2 Å². The summed E-state index contributed by atoms with van der Waals surface area (Å²) in [4.78, 5) is 39.2. The normalized spacial score (nSPS) is 19.0. The van der Waals surface area contributed by atoms with E-state index in [9.17, 15) is 14.4 Å². The minimum absolute atomic E-state index is 0.222. The van der Waals surface area contributed by atoms with E-state index in [2.05, 4.69) is 5.32 Å². The number of carbonyl (C=O) groups excluding carboxylic acids is 3. The van der Waals surface area contributed by atoms with Gasteiger partial charge in [0.25, 0.3) is 5.91 Å². The van der Waals surface area contributed by atoms with Crippen LogP contribution in [-0.4, -0.2) is 67.9 Å². The van der Waals surface area contributed by atoms with Crippen LogP contribution in [0.1, 0.15) is 16.8 Å². The number of halogens is 2. The summed E-state index contributed by atoms with van der Waals surface area (Å²) < 4.78 is 16.2. The number of likely N-dealkylation sites (tertiary alicyclic amines) is 1. The van der Waals surface area contributed by atoms with Crippen molar-refractivity contribution in [2.24, 2.45) is 0 Å². The van der Waals surface area contributed by atoms with E-state index in [1.54, 1.807) is 30.3 Å². The summed E-state index contributed by atoms with van der Waals surface area (Å²) in [6.45, 7) is 0.574. The van der Waals surface area contributed by atoms with Crippen molar-refractivity contribution in [1.82, 2.24) is 10.2 Å². The van der Waals surface area contributed by atoms with E-state index in [1.165, 1.54) is 12.0 Å². The van der Waals surface area contributed by atoms with E-state index < -0.39 is 29.6 Å². The minimum Gasteiger partial charge on any atom is -0.467 e. The Hall–Kier alpha value is -2.65. The molecule has 8 nitrogen and oxygen atoms in total. The summed E-state index contributed by atoms with van der Waals surface area (Å²) in [5.41, 5.74) is 1.88. The predicted octanol–water partition coefficient (Wildman–Crippen LogP) is 2.91. The molecule has 0 bridgehead atoms. The fourth-order valence-electron chi connectivity index (χ4n) is 4.14. The standard InChI is InChI=1S/C23H22Cl2N2O6/c1-31-22(30)20-23(32-9-10-33-23)7-8-27(20)19(28)13-26-21(29)17-6-5-15(12-18(17)25)14-3-2-4-16(24)11-14/h2-6,11-12,20H,7-10,13H2,1H3,(H,26,29)/t20-/m1/s1. The van der Waals surface area contributed by atoms with Gasteiger partial charge in [-0.3, -0.25) is 9.59 Å². The number of benzene rings is 2. The highest BCUT2D eigenvalue weighted by Crippen LogP contribution is 2.37. The van der Waals surface area contributed by atoms with Crippen LogP contribution in [0.25, 0.3) is 11.1 Å². The van der Waals surface area contributed by atoms with E-state index in [0.29, 0.717) is 24.7 Å². The maximum absolute atomic E-state index is 12.9. The Kier molecular flexibility index (Phi) is 6.90. The van der Waals surface area contributed by atoms with Crippen LogP contribution in [-0.2, 0) is 23.8 Å². The molecule has 174 valence electrons. The molecule has 2 aliphatic heterocycles. The molecule has 1 spiro atoms. The Labute approximate surface area is 200 Å². The number of methoxy groups -OCH3 is 1. The van der Waals surface area contributed by atoms with Gasteiger partial charge < -0.3 is 24.4 Å². The number of esters is 1. The Morgan fingerprint density at radius 3 is 2.52 bits per heavy atom. The zero-order chi connectivity index (χ0) is 23.6. The lowest BCUT2D eigenvalue weighted by molar-refractivity contribution is -0.193. The number of hydrogen-bond acceptors (Lipinski definition) is 6. The average molecular weight is 493 g/mol. The lowest BCUT2D eigenvalue weighted by Gasteiger charge is -2.31. The molecule has 2 aliphatic rings. The van der Waals surface area contributed by atoms with Gasteiger partial charge in [-0.1, -0.05) is 41.4 Å². The number of ether oxygens (including phenoxy) is 3. The highest BCUT2D eigenvalue weighted by Gasteiger charge is 2.57. The molecule has 2 amide bonds. The minimum atomic E-state index is -1.20. The molecular formula is C23H22Cl2N2O6. The van der Waals surface area contributed by atoms with Crippen molar-refractivity contribution in [3.63, 3.8) is 0 Å². The number of hydrogen-bond donors (Lipinski definition) is 1. The summed E-state index contributed by atoms with van der Waals surface area (Å²) in [7, 11) is 1.24. The van der Waals surface area contributed by atoms with E-state index in [4.69, 9.17) is 37.4 Å². The Balaban J connectivity index is 1.43. The predicted molar refractivity (Wildman–Crippen MR) is 121 cm³/mol. The second-order valence-electron chi connectivity index (χ2n) is 7.66. The first kappa shape index (κ1) is 23.5. The average Bonchev–Trinajstić information content (AvgIpc) is 3.44. The van der Waals surface area contributed by atoms with Crippen LogP contribution in [0.3, 0.4) is 0 Å². The molecule has 33 heavy (non-hydrogen) atoms. The molecule has 2 fully saturated rings. The lowest BCUT2D eigenvalue weighted by atomic mass is 10.0. The highest BCUT2D eigenvalue weighted by molar-refractivity contribution is 6.34. The Bertz CT molecular complexity index is 1090. The van der Waals surface area contributed by atoms with Crippen molar-refractivity contribution in [3.8, 4) is 11.1 Å². The fourth-order valence-corrected chi connectivity index (χ4v) is 4.60. The maximum atomic E-state index is 12.9. The number of rotatable bonds is 5. The first-order valence-corrected chi connectivity index (χ1v) is 11.1. The zero-order valence-electron chi connectivity index (χ0n) is 17.8. The van der Waals surface area contributed by atoms with Gasteiger partial charge in [-0.25, -0.2) is 4.79 Å². The van der Waals surface area contributed by atoms with Crippen molar-refractivity contribution < 1.29 is 28.6 Å². The fraction of sp³-hybridized carbons (Fsp3) is 0.348. The number of amides is 2. The third-order valence-electron chi connectivity index (χ3n) is 5.72. The van der Waals surface area contributed by atoms with Crippen LogP contribution in [0.15, 0.2) is 42.5 Å². The van der Waals surface area contributed by atoms with E-state index >= 15 is 0 Å². The van der Waals surface area contributed by atoms with Crippen LogP contribution in [0.4, 0.5) is 0 Å². The summed E-state index contributed by atoms with van der Waals surface area (Å²) in [5.74, 6) is -2.80. The second kappa shape index (κ2) is 9.69. The lowest BCUT2D eigenvalue weighted by Crippen LogP contribution is -2.54. The molecule has 2 heterocycles. The molecule has 0 saturated carbocycles. The van der Waals surface area contributed by atoms with Gasteiger partial charge in [0, 0.05) is 18.0 Å². The first-order chi connectivity index (χ1) is 15.8. The topological polar surface area (TPSA) is 94.2 Å². The quantitative estimate of drug-likeness (QED) is 0.644. The molecule has 0 radical (unpaired) electrons. The molecule has 2 aromatic rings. The molecular weight excluding hydrogens is 471 g/mol. The number of nitrogens with zero attached hydrogens (tertiary/aromatic N) is 1. The van der Waals surface area contributed by atoms with Gasteiger partial charge in [0.15, 0.2) is 6.04 Å². The van der Waals surface area contributed by atoms with E-state index in [0.717, 1.165) is 11.1 Å². The van der Waals surface area contributed by atoms with E-state index in [1.807, 2.05) is 12.1 Å². The highest BCUT2D eigenvalue weighted by atomic mass is 35.5. The molecule has 2 aromatic carbocycles. The number of nitrogens with one attached hydrogen (secondary N) is 1. The van der Waals surface area contributed by atoms with Gasteiger partial charge in [0.05, 0.1) is 37.5 Å². The van der Waals surface area contributed by atoms with Crippen LogP contribution in [0.2, 0.25) is 10.0 Å². The molecule has 4 rings (SSSR count). The third-order valence-corrected chi connectivity index (χ3v) is 6.27. The van der Waals surface area contributed by atoms with Crippen molar-refractivity contribution in [2.75, 3.05) is 33.4 Å². The molecule has 2 saturated heterocycles. The molecule has 0 unspecified atom stereocenters. The van der Waals surface area contributed by atoms with Crippen LogP contribution in [0, 0.1) is 0 Å². The summed E-state index contributed by atoms with van der Waals surface area (Å²) >= 11 is 12.4.